The number of rotatable bonds is 4. The van der Waals surface area contributed by atoms with E-state index in [-0.39, 0.29) is 28.7 Å². The van der Waals surface area contributed by atoms with Crippen molar-refractivity contribution in [2.75, 3.05) is 44.0 Å². The van der Waals surface area contributed by atoms with Crippen LogP contribution < -0.4 is 10.9 Å². The summed E-state index contributed by atoms with van der Waals surface area (Å²) in [5, 5.41) is 4.29. The van der Waals surface area contributed by atoms with Gasteiger partial charge in [-0.15, -0.1) is 11.3 Å². The number of Topliss-reactive ketones (excluding diaryl/α,β-unsaturated/α-hetero) is 1. The zero-order valence-corrected chi connectivity index (χ0v) is 24.1. The molecular weight excluding hydrogens is 532 g/mol. The van der Waals surface area contributed by atoms with Crippen molar-refractivity contribution in [1.29, 1.82) is 0 Å². The molecule has 0 bridgehead atoms. The van der Waals surface area contributed by atoms with E-state index in [0.717, 1.165) is 66.1 Å². The Morgan fingerprint density at radius 1 is 1.21 bits per heavy atom. The second kappa shape index (κ2) is 9.14. The number of hydrogen-bond acceptors (Lipinski definition) is 9. The number of thioether (sulfide) groups is 1. The number of hydrogen-bond donors (Lipinski definition) is 1. The van der Waals surface area contributed by atoms with Crippen LogP contribution in [0.1, 0.15) is 45.8 Å². The van der Waals surface area contributed by atoms with Gasteiger partial charge >= 0.3 is 0 Å². The van der Waals surface area contributed by atoms with Crippen molar-refractivity contribution in [3.05, 3.63) is 44.4 Å². The highest BCUT2D eigenvalue weighted by Gasteiger charge is 2.49. The van der Waals surface area contributed by atoms with E-state index in [1.165, 1.54) is 16.8 Å². The molecule has 39 heavy (non-hydrogen) atoms. The number of pyridine rings is 1. The van der Waals surface area contributed by atoms with Gasteiger partial charge in [0.2, 0.25) is 5.91 Å². The van der Waals surface area contributed by atoms with Crippen molar-refractivity contribution in [3.8, 4) is 0 Å². The lowest BCUT2D eigenvalue weighted by Gasteiger charge is -2.39. The molecule has 2 atom stereocenters. The second-order valence-corrected chi connectivity index (χ2v) is 13.8. The first kappa shape index (κ1) is 25.2. The first-order valence-electron chi connectivity index (χ1n) is 13.6. The number of fused-ring (bicyclic) bond motifs is 5. The minimum atomic E-state index is -0.386. The third-order valence-electron chi connectivity index (χ3n) is 9.01. The maximum atomic E-state index is 13.7. The van der Waals surface area contributed by atoms with Gasteiger partial charge in [0.15, 0.2) is 5.78 Å². The van der Waals surface area contributed by atoms with E-state index in [4.69, 9.17) is 0 Å². The molecule has 0 saturated carbocycles. The molecule has 0 aromatic carbocycles. The highest BCUT2D eigenvalue weighted by Crippen LogP contribution is 2.45. The SMILES string of the molecule is Cc1cc(Nc2ncnc3sc4c(c23)CC[C@H](C(=O)N2CC[C@H](N(C)C)C2)C4)c(=O)n2c1C(=O)CC21CSC1. The van der Waals surface area contributed by atoms with Gasteiger partial charge in [-0.05, 0) is 63.9 Å². The monoisotopic (exact) mass is 564 g/mol. The van der Waals surface area contributed by atoms with E-state index in [0.29, 0.717) is 29.7 Å². The van der Waals surface area contributed by atoms with Gasteiger partial charge < -0.3 is 15.1 Å². The molecule has 2 saturated heterocycles. The molecule has 2 fully saturated rings. The molecule has 0 radical (unpaired) electrons. The Morgan fingerprint density at radius 2 is 2.03 bits per heavy atom. The Kier molecular flexibility index (Phi) is 5.91. The molecule has 1 spiro atoms. The number of carbonyl (C=O) groups excluding carboxylic acids is 2. The van der Waals surface area contributed by atoms with Gasteiger partial charge in [0.25, 0.3) is 5.56 Å². The minimum Gasteiger partial charge on any atom is -0.341 e. The molecule has 4 aliphatic rings. The summed E-state index contributed by atoms with van der Waals surface area (Å²) in [6, 6.07) is 2.22. The molecular formula is C28H32N6O3S2. The minimum absolute atomic E-state index is 0.00563. The Hall–Kier alpha value is -2.76. The quantitative estimate of drug-likeness (QED) is 0.516. The zero-order chi connectivity index (χ0) is 27.1. The first-order chi connectivity index (χ1) is 18.8. The van der Waals surface area contributed by atoms with Crippen LogP contribution in [0, 0.1) is 12.8 Å². The molecule has 11 heteroatoms. The van der Waals surface area contributed by atoms with E-state index in [1.54, 1.807) is 33.7 Å². The molecule has 3 aliphatic heterocycles. The second-order valence-electron chi connectivity index (χ2n) is 11.7. The Bertz CT molecular complexity index is 1590. The molecule has 6 heterocycles. The number of carbonyl (C=O) groups is 2. The van der Waals surface area contributed by atoms with Gasteiger partial charge in [-0.1, -0.05) is 0 Å². The van der Waals surface area contributed by atoms with Crippen molar-refractivity contribution in [2.24, 2.45) is 5.92 Å². The van der Waals surface area contributed by atoms with Crippen LogP contribution in [0.4, 0.5) is 11.5 Å². The number of aryl methyl sites for hydroxylation is 2. The fourth-order valence-electron chi connectivity index (χ4n) is 6.83. The average Bonchev–Trinajstić information content (AvgIpc) is 3.60. The molecule has 1 aliphatic carbocycles. The van der Waals surface area contributed by atoms with Crippen molar-refractivity contribution in [1.82, 2.24) is 24.3 Å². The van der Waals surface area contributed by atoms with Crippen molar-refractivity contribution in [3.63, 3.8) is 0 Å². The summed E-state index contributed by atoms with van der Waals surface area (Å²) >= 11 is 3.41. The van der Waals surface area contributed by atoms with Crippen LogP contribution in [0.25, 0.3) is 10.2 Å². The standard InChI is InChI=1S/C28H32N6O3S2/c1-15-8-19(27(37)34-23(15)20(35)10-28(34)12-38-13-28)31-24-22-18-5-4-16(9-21(18)39-25(22)30-14-29-24)26(36)33-7-6-17(11-33)32(2)3/h8,14,16-17H,4-7,9-13H2,1-3H3,(H,29,30,31)/t16-,17-/m0/s1. The summed E-state index contributed by atoms with van der Waals surface area (Å²) < 4.78 is 1.75. The lowest BCUT2D eigenvalue weighted by Crippen LogP contribution is -2.49. The van der Waals surface area contributed by atoms with Crippen LogP contribution in [0.3, 0.4) is 0 Å². The summed E-state index contributed by atoms with van der Waals surface area (Å²) in [7, 11) is 4.16. The van der Waals surface area contributed by atoms with Gasteiger partial charge in [0, 0.05) is 47.9 Å². The van der Waals surface area contributed by atoms with Gasteiger partial charge in [-0.25, -0.2) is 9.97 Å². The highest BCUT2D eigenvalue weighted by molar-refractivity contribution is 8.00. The van der Waals surface area contributed by atoms with Crippen LogP contribution in [-0.2, 0) is 23.2 Å². The van der Waals surface area contributed by atoms with Gasteiger partial charge in [-0.3, -0.25) is 19.0 Å². The van der Waals surface area contributed by atoms with Crippen molar-refractivity contribution >= 4 is 56.5 Å². The number of nitrogens with one attached hydrogen (secondary N) is 1. The van der Waals surface area contributed by atoms with Crippen molar-refractivity contribution in [2.45, 2.75) is 50.6 Å². The number of thiophene rings is 1. The highest BCUT2D eigenvalue weighted by atomic mass is 32.2. The summed E-state index contributed by atoms with van der Waals surface area (Å²) in [6.45, 7) is 3.54. The lowest BCUT2D eigenvalue weighted by atomic mass is 9.87. The summed E-state index contributed by atoms with van der Waals surface area (Å²) in [6.07, 6.45) is 5.28. The zero-order valence-electron chi connectivity index (χ0n) is 22.5. The number of likely N-dealkylation sites (tertiary alicyclic amines) is 1. The molecule has 204 valence electrons. The average molecular weight is 565 g/mol. The largest absolute Gasteiger partial charge is 0.341 e. The topological polar surface area (TPSA) is 100 Å². The van der Waals surface area contributed by atoms with Gasteiger partial charge in [-0.2, -0.15) is 11.8 Å². The van der Waals surface area contributed by atoms with Crippen LogP contribution in [0.15, 0.2) is 17.2 Å². The van der Waals surface area contributed by atoms with E-state index in [2.05, 4.69) is 34.3 Å². The van der Waals surface area contributed by atoms with Gasteiger partial charge in [0.05, 0.1) is 16.6 Å². The molecule has 1 N–H and O–H groups in total. The maximum Gasteiger partial charge on any atom is 0.275 e. The Labute approximate surface area is 235 Å². The number of nitrogens with zero attached hydrogens (tertiary/aromatic N) is 5. The van der Waals surface area contributed by atoms with Crippen molar-refractivity contribution < 1.29 is 9.59 Å². The summed E-state index contributed by atoms with van der Waals surface area (Å²) in [4.78, 5) is 55.3. The van der Waals surface area contributed by atoms with Gasteiger partial charge in [0.1, 0.15) is 22.7 Å². The molecule has 9 nitrogen and oxygen atoms in total. The van der Waals surface area contributed by atoms with E-state index in [1.807, 2.05) is 11.8 Å². The third kappa shape index (κ3) is 3.88. The predicted molar refractivity (Wildman–Crippen MR) is 155 cm³/mol. The molecule has 7 rings (SSSR count). The molecule has 0 unspecified atom stereocenters. The third-order valence-corrected chi connectivity index (χ3v) is 11.7. The van der Waals surface area contributed by atoms with Crippen LogP contribution in [-0.4, -0.2) is 80.8 Å². The lowest BCUT2D eigenvalue weighted by molar-refractivity contribution is -0.134. The first-order valence-corrected chi connectivity index (χ1v) is 15.6. The number of likely N-dealkylation sites (N-methyl/N-ethyl adjacent to an activating group) is 1. The van der Waals surface area contributed by atoms with E-state index >= 15 is 0 Å². The fourth-order valence-corrected chi connectivity index (χ4v) is 9.23. The molecule has 3 aromatic heterocycles. The molecule has 3 aromatic rings. The number of ketones is 1. The number of aromatic nitrogens is 3. The predicted octanol–water partition coefficient (Wildman–Crippen LogP) is 3.20. The summed E-state index contributed by atoms with van der Waals surface area (Å²) in [5.41, 5.74) is 2.45. The van der Waals surface area contributed by atoms with Crippen LogP contribution in [0.5, 0.6) is 0 Å². The summed E-state index contributed by atoms with van der Waals surface area (Å²) in [5.74, 6) is 2.52. The van der Waals surface area contributed by atoms with Crippen LogP contribution in [0.2, 0.25) is 0 Å². The maximum absolute atomic E-state index is 13.7. The van der Waals surface area contributed by atoms with E-state index < -0.39 is 0 Å². The Balaban J connectivity index is 1.19. The molecule has 1 amide bonds. The van der Waals surface area contributed by atoms with E-state index in [9.17, 15) is 14.4 Å². The number of amides is 1. The number of anilines is 2. The van der Waals surface area contributed by atoms with Crippen LogP contribution >= 0.6 is 23.1 Å². The Morgan fingerprint density at radius 3 is 2.74 bits per heavy atom. The fraction of sp³-hybridized carbons (Fsp3) is 0.536. The smallest absolute Gasteiger partial charge is 0.275 e. The normalized spacial score (nSPS) is 23.4.